The van der Waals surface area contributed by atoms with Crippen molar-refractivity contribution in [1.82, 2.24) is 89.2 Å². The molecule has 20 rings (SSSR count). The first-order chi connectivity index (χ1) is 67.4. The molecule has 1 amide bonds. The number of morpholine rings is 1. The third kappa shape index (κ3) is 28.0. The number of likely N-dealkylation sites (tertiary alicyclic amines) is 3. The van der Waals surface area contributed by atoms with Crippen LogP contribution >= 0.6 is 0 Å². The molecule has 5 aromatic carbocycles. The number of ether oxygens (including phenoxy) is 5. The average molecular weight is 1860 g/mol. The second kappa shape index (κ2) is 48.2. The van der Waals surface area contributed by atoms with Gasteiger partial charge in [0.1, 0.15) is 89.1 Å². The number of likely N-dealkylation sites (N-methyl/N-ethyl adjacent to an activating group) is 1. The Morgan fingerprint density at radius 3 is 1.20 bits per heavy atom. The van der Waals surface area contributed by atoms with Crippen molar-refractivity contribution in [1.29, 1.82) is 0 Å². The minimum atomic E-state index is 0.0623. The molecule has 5 fully saturated rings. The fourth-order valence-corrected chi connectivity index (χ4v) is 16.9. The van der Waals surface area contributed by atoms with Crippen LogP contribution in [-0.2, 0) is 48.8 Å². The Kier molecular flexibility index (Phi) is 33.7. The number of nitrogen functional groups attached to an aromatic ring is 5. The quantitative estimate of drug-likeness (QED) is 0.0229. The SMILES string of the molecule is CN1CCC(OCc2ccnc(NCc3ccc4c(N)nccc4c3)c2)CC1.CN1CCC(Oc2cc(NCc3ccc4c(N)nccc4c3)ncn2)CC1.CN1CCC(Oc2cncc(NCc3ccc4c(N)nccc4c3)n2)CC1.CN1CCN(C(=O)c2ccnc(NCc3ccc4c(N)nccc4c3)c2)CC1.Nc1nccc2cc(CNc3cc(OCCN4CCOCC4)ccn3)ccc12. The van der Waals surface area contributed by atoms with E-state index in [1.807, 2.05) is 120 Å². The van der Waals surface area contributed by atoms with Gasteiger partial charge in [0.15, 0.2) is 0 Å². The molecule has 34 nitrogen and oxygen atoms in total. The minimum Gasteiger partial charge on any atom is -0.492 e. The van der Waals surface area contributed by atoms with Crippen LogP contribution in [0.3, 0.4) is 0 Å². The van der Waals surface area contributed by atoms with Crippen LogP contribution in [0.15, 0.2) is 232 Å². The summed E-state index contributed by atoms with van der Waals surface area (Å²) in [5.74, 6) is 8.64. The molecule has 0 saturated carbocycles. The molecule has 138 heavy (non-hydrogen) atoms. The number of aromatic nitrogens is 12. The Hall–Kier alpha value is -14.7. The fourth-order valence-electron chi connectivity index (χ4n) is 16.9. The first kappa shape index (κ1) is 96.5. The van der Waals surface area contributed by atoms with E-state index in [1.54, 1.807) is 68.2 Å². The lowest BCUT2D eigenvalue weighted by Gasteiger charge is -2.32. The molecular formula is C104H124N28O6. The summed E-state index contributed by atoms with van der Waals surface area (Å²) in [6, 6.07) is 54.0. The number of amides is 1. The molecule has 5 aliphatic rings. The van der Waals surface area contributed by atoms with Crippen molar-refractivity contribution < 1.29 is 28.5 Å². The topological polar surface area (TPSA) is 428 Å². The highest BCUT2D eigenvalue weighted by Gasteiger charge is 2.25. The zero-order chi connectivity index (χ0) is 95.3. The molecule has 5 aliphatic heterocycles. The lowest BCUT2D eigenvalue weighted by atomic mass is 10.1. The number of rotatable bonds is 27. The monoisotopic (exact) mass is 1860 g/mol. The molecule has 0 atom stereocenters. The number of nitrogens with zero attached hydrogens (tertiary/aromatic N) is 18. The van der Waals surface area contributed by atoms with Gasteiger partial charge in [-0.3, -0.25) is 14.7 Å². The van der Waals surface area contributed by atoms with Gasteiger partial charge in [0.2, 0.25) is 11.8 Å². The molecule has 0 bridgehead atoms. The van der Waals surface area contributed by atoms with Crippen molar-refractivity contribution in [3.8, 4) is 17.5 Å². The molecule has 716 valence electrons. The van der Waals surface area contributed by atoms with Crippen LogP contribution in [0.1, 0.15) is 82.3 Å². The highest BCUT2D eigenvalue weighted by molar-refractivity contribution is 5.96. The van der Waals surface area contributed by atoms with Gasteiger partial charge >= 0.3 is 0 Å². The van der Waals surface area contributed by atoms with Gasteiger partial charge < -0.3 is 103 Å². The van der Waals surface area contributed by atoms with Crippen molar-refractivity contribution in [3.63, 3.8) is 0 Å². The summed E-state index contributed by atoms with van der Waals surface area (Å²) in [5.41, 5.74) is 37.1. The van der Waals surface area contributed by atoms with Gasteiger partial charge in [-0.2, -0.15) is 4.98 Å². The normalized spacial score (nSPS) is 15.4. The maximum absolute atomic E-state index is 12.7. The van der Waals surface area contributed by atoms with Crippen molar-refractivity contribution in [3.05, 3.63) is 271 Å². The zero-order valence-corrected chi connectivity index (χ0v) is 78.9. The molecule has 0 aliphatic carbocycles. The van der Waals surface area contributed by atoms with E-state index in [0.717, 1.165) is 242 Å². The van der Waals surface area contributed by atoms with Crippen molar-refractivity contribution in [2.45, 2.75) is 96.2 Å². The van der Waals surface area contributed by atoms with Gasteiger partial charge in [-0.05, 0) is 218 Å². The predicted octanol–water partition coefficient (Wildman–Crippen LogP) is 13.6. The Labute approximate surface area is 804 Å². The number of pyridine rings is 8. The van der Waals surface area contributed by atoms with Gasteiger partial charge in [-0.25, -0.2) is 49.8 Å². The van der Waals surface area contributed by atoms with E-state index in [1.165, 1.54) is 5.56 Å². The lowest BCUT2D eigenvalue weighted by molar-refractivity contribution is 0.00212. The van der Waals surface area contributed by atoms with E-state index in [-0.39, 0.29) is 18.1 Å². The van der Waals surface area contributed by atoms with Crippen LogP contribution in [0.25, 0.3) is 53.9 Å². The van der Waals surface area contributed by atoms with Gasteiger partial charge in [0, 0.05) is 212 Å². The van der Waals surface area contributed by atoms with Crippen LogP contribution in [0.4, 0.5) is 58.2 Å². The van der Waals surface area contributed by atoms with Gasteiger partial charge in [0.25, 0.3) is 5.91 Å². The zero-order valence-electron chi connectivity index (χ0n) is 78.9. The molecule has 0 radical (unpaired) electrons. The standard InChI is InChI=1S/C22H27N5O.C21H24N6O.C21H25N5O2.2C20H24N6O/c1-27-10-6-19(7-11-27)28-15-17-4-8-24-21(13-17)26-14-16-2-3-20-18(12-16)5-9-25-22(20)23;1-26-8-10-27(11-9-26)21(28)17-5-6-23-19(13-17)25-14-15-2-3-18-16(12-15)4-7-24-20(18)22;22-21-19-2-1-16(13-17(19)3-5-24-21)15-25-20-14-18(4-6-23-20)28-12-9-26-7-10-27-11-8-26;1-26-8-5-16(6-9-26)27-19-11-18(24-13-25-19)23-12-14-2-3-17-15(10-14)4-7-22-20(17)21;1-26-8-5-16(6-9-26)27-19-13-22-12-18(25-19)24-11-14-2-3-17-15(10-14)4-7-23-20(17)21/h2-5,8-9,12-13,19H,6-7,10-11,14-15H2,1H3,(H2,23,25)(H,24,26);2-7,12-13H,8-11,14H2,1H3,(H2,22,24)(H,23,25);1-6,13-14H,7-12,15H2,(H2,22,24)(H,23,25);2-4,7,10-11,13,16H,5-6,8-9,12H2,1H3,(H2,21,22)(H,23,24,25);2-4,7,10,12-13,16H,5-6,8-9,11H2,1H3,(H2,21,23)(H,24,25). The Morgan fingerprint density at radius 1 is 0.362 bits per heavy atom. The van der Waals surface area contributed by atoms with Gasteiger partial charge in [0.05, 0.1) is 38.3 Å². The number of carbonyl (C=O) groups excluding carboxylic acids is 1. The summed E-state index contributed by atoms with van der Waals surface area (Å²) < 4.78 is 29.4. The van der Waals surface area contributed by atoms with E-state index in [9.17, 15) is 4.79 Å². The van der Waals surface area contributed by atoms with Crippen LogP contribution in [0, 0.1) is 0 Å². The van der Waals surface area contributed by atoms with Crippen LogP contribution in [0.2, 0.25) is 0 Å². The minimum absolute atomic E-state index is 0.0623. The summed E-state index contributed by atoms with van der Waals surface area (Å²) in [7, 11) is 8.52. The largest absolute Gasteiger partial charge is 0.492 e. The third-order valence-corrected chi connectivity index (χ3v) is 25.1. The highest BCUT2D eigenvalue weighted by atomic mass is 16.5. The molecule has 10 aromatic heterocycles. The molecule has 0 spiro atoms. The number of carbonyl (C=O) groups is 1. The Morgan fingerprint density at radius 2 is 0.746 bits per heavy atom. The maximum atomic E-state index is 12.7. The van der Waals surface area contributed by atoms with Crippen LogP contribution in [0.5, 0.6) is 17.5 Å². The molecular weight excluding hydrogens is 1740 g/mol. The summed E-state index contributed by atoms with van der Waals surface area (Å²) in [6.07, 6.45) is 25.9. The van der Waals surface area contributed by atoms with Crippen LogP contribution in [-0.4, -0.2) is 247 Å². The van der Waals surface area contributed by atoms with E-state index in [2.05, 4.69) is 188 Å². The Bertz CT molecular complexity index is 6360. The Balaban J connectivity index is 0.000000125. The fraction of sp³-hybridized carbons (Fsp3) is 0.337. The van der Waals surface area contributed by atoms with Gasteiger partial charge in [-0.1, -0.05) is 60.7 Å². The number of piperidine rings is 3. The van der Waals surface area contributed by atoms with E-state index in [4.69, 9.17) is 52.4 Å². The first-order valence-corrected chi connectivity index (χ1v) is 47.2. The summed E-state index contributed by atoms with van der Waals surface area (Å²) >= 11 is 0. The van der Waals surface area contributed by atoms with Crippen molar-refractivity contribution in [2.24, 2.45) is 0 Å². The van der Waals surface area contributed by atoms with E-state index < -0.39 is 0 Å². The summed E-state index contributed by atoms with van der Waals surface area (Å²) in [6.45, 7) is 18.8. The van der Waals surface area contributed by atoms with E-state index >= 15 is 0 Å². The number of nitrogens with one attached hydrogen (secondary N) is 5. The summed E-state index contributed by atoms with van der Waals surface area (Å²) in [4.78, 5) is 77.3. The molecule has 15 heterocycles. The number of benzene rings is 5. The second-order valence-electron chi connectivity index (χ2n) is 35.3. The first-order valence-electron chi connectivity index (χ1n) is 47.2. The number of hydrogen-bond acceptors (Lipinski definition) is 33. The molecule has 34 heteroatoms. The van der Waals surface area contributed by atoms with Crippen molar-refractivity contribution >= 4 is 118 Å². The summed E-state index contributed by atoms with van der Waals surface area (Å²) in [5, 5.41) is 27.0. The lowest BCUT2D eigenvalue weighted by Crippen LogP contribution is -2.47. The average Bonchev–Trinajstić information content (AvgIpc) is 0.833. The number of piperazine rings is 1. The third-order valence-electron chi connectivity index (χ3n) is 25.1. The predicted molar refractivity (Wildman–Crippen MR) is 548 cm³/mol. The maximum Gasteiger partial charge on any atom is 0.254 e. The van der Waals surface area contributed by atoms with Crippen LogP contribution < -0.4 is 69.5 Å². The number of fused-ring (bicyclic) bond motifs is 5. The molecule has 15 N–H and O–H groups in total. The van der Waals surface area contributed by atoms with Crippen molar-refractivity contribution in [2.75, 3.05) is 188 Å². The number of nitrogens with two attached hydrogens (primary N) is 5. The van der Waals surface area contributed by atoms with Gasteiger partial charge in [-0.15, -0.1) is 0 Å². The number of anilines is 10. The smallest absolute Gasteiger partial charge is 0.254 e. The molecule has 5 saturated heterocycles. The molecule has 0 unspecified atom stereocenters. The number of hydrogen-bond donors (Lipinski definition) is 10. The molecule has 15 aromatic rings. The second-order valence-corrected chi connectivity index (χ2v) is 35.3. The highest BCUT2D eigenvalue weighted by Crippen LogP contribution is 2.30. The van der Waals surface area contributed by atoms with E-state index in [0.29, 0.717) is 110 Å².